The van der Waals surface area contributed by atoms with E-state index in [-0.39, 0.29) is 9.80 Å². The first-order chi connectivity index (χ1) is 12.7. The van der Waals surface area contributed by atoms with E-state index >= 15 is 0 Å². The Kier molecular flexibility index (Phi) is 5.46. The summed E-state index contributed by atoms with van der Waals surface area (Å²) in [6.45, 7) is -0.441. The van der Waals surface area contributed by atoms with Gasteiger partial charge in [0.2, 0.25) is 15.9 Å². The van der Waals surface area contributed by atoms with Crippen molar-refractivity contribution in [2.24, 2.45) is 5.14 Å². The molecule has 1 aromatic heterocycles. The third kappa shape index (κ3) is 4.63. The predicted molar refractivity (Wildman–Crippen MR) is 103 cm³/mol. The van der Waals surface area contributed by atoms with Gasteiger partial charge in [-0.15, -0.1) is 11.3 Å². The summed E-state index contributed by atoms with van der Waals surface area (Å²) in [6.07, 6.45) is 1.61. The highest BCUT2D eigenvalue weighted by molar-refractivity contribution is 8.18. The van der Waals surface area contributed by atoms with E-state index in [0.717, 1.165) is 21.5 Å². The van der Waals surface area contributed by atoms with E-state index in [9.17, 15) is 22.8 Å². The fourth-order valence-corrected chi connectivity index (χ4v) is 4.29. The maximum Gasteiger partial charge on any atom is 0.294 e. The molecule has 8 nitrogen and oxygen atoms in total. The van der Waals surface area contributed by atoms with Crippen LogP contribution in [0.25, 0.3) is 6.08 Å². The van der Waals surface area contributed by atoms with Crippen LogP contribution in [-0.4, -0.2) is 36.9 Å². The third-order valence-corrected chi connectivity index (χ3v) is 6.11. The number of carbonyl (C=O) groups excluding carboxylic acids is 3. The number of nitrogens with zero attached hydrogens (tertiary/aromatic N) is 1. The number of hydrogen-bond donors (Lipinski definition) is 2. The molecule has 1 aromatic carbocycles. The second-order valence-corrected chi connectivity index (χ2v) is 8.93. The lowest BCUT2D eigenvalue weighted by Crippen LogP contribution is -2.36. The Morgan fingerprint density at radius 1 is 1.19 bits per heavy atom. The van der Waals surface area contributed by atoms with E-state index in [1.54, 1.807) is 6.08 Å². The molecule has 3 amide bonds. The van der Waals surface area contributed by atoms with Gasteiger partial charge in [-0.3, -0.25) is 19.3 Å². The highest BCUT2D eigenvalue weighted by Crippen LogP contribution is 2.32. The van der Waals surface area contributed by atoms with Crippen molar-refractivity contribution >= 4 is 61.9 Å². The van der Waals surface area contributed by atoms with Crippen molar-refractivity contribution in [3.05, 3.63) is 51.6 Å². The number of nitrogens with one attached hydrogen (secondary N) is 1. The van der Waals surface area contributed by atoms with Gasteiger partial charge in [0.15, 0.2) is 0 Å². The zero-order valence-corrected chi connectivity index (χ0v) is 16.1. The second kappa shape index (κ2) is 7.64. The number of thioether (sulfide) groups is 1. The molecule has 27 heavy (non-hydrogen) atoms. The summed E-state index contributed by atoms with van der Waals surface area (Å²) in [5, 5.41) is 8.83. The number of nitrogens with two attached hydrogens (primary N) is 1. The standard InChI is InChI=1S/C16H13N3O5S3/c17-27(23,24)12-5-3-10(4-6-12)18-14(20)9-19-15(21)13(26-16(19)22)8-11-2-1-7-25-11/h1-8H,9H2,(H,18,20)(H2,17,23,24)/b13-8+. The number of imide groups is 1. The van der Waals surface area contributed by atoms with Gasteiger partial charge in [-0.25, -0.2) is 13.6 Å². The van der Waals surface area contributed by atoms with Gasteiger partial charge < -0.3 is 5.32 Å². The fourth-order valence-electron chi connectivity index (χ4n) is 2.21. The van der Waals surface area contributed by atoms with Crippen molar-refractivity contribution in [1.82, 2.24) is 4.90 Å². The molecule has 2 heterocycles. The smallest absolute Gasteiger partial charge is 0.294 e. The Morgan fingerprint density at radius 3 is 2.48 bits per heavy atom. The Balaban J connectivity index is 1.65. The van der Waals surface area contributed by atoms with Gasteiger partial charge in [-0.2, -0.15) is 0 Å². The Hall–Kier alpha value is -2.47. The first-order valence-corrected chi connectivity index (χ1v) is 10.7. The van der Waals surface area contributed by atoms with E-state index < -0.39 is 33.6 Å². The van der Waals surface area contributed by atoms with Crippen LogP contribution < -0.4 is 10.5 Å². The number of rotatable bonds is 5. The highest BCUT2D eigenvalue weighted by Gasteiger charge is 2.36. The first-order valence-electron chi connectivity index (χ1n) is 7.45. The Bertz CT molecular complexity index is 1030. The molecule has 0 atom stereocenters. The van der Waals surface area contributed by atoms with Crippen molar-refractivity contribution in [3.8, 4) is 0 Å². The molecular weight excluding hydrogens is 410 g/mol. The molecule has 140 valence electrons. The van der Waals surface area contributed by atoms with E-state index in [4.69, 9.17) is 5.14 Å². The van der Waals surface area contributed by atoms with E-state index in [1.165, 1.54) is 35.6 Å². The van der Waals surface area contributed by atoms with Crippen molar-refractivity contribution in [3.63, 3.8) is 0 Å². The Labute approximate surface area is 163 Å². The number of thiophene rings is 1. The van der Waals surface area contributed by atoms with Crippen LogP contribution in [0, 0.1) is 0 Å². The van der Waals surface area contributed by atoms with Crippen LogP contribution in [0.15, 0.2) is 51.6 Å². The second-order valence-electron chi connectivity index (χ2n) is 5.40. The molecule has 11 heteroatoms. The molecule has 2 aromatic rings. The van der Waals surface area contributed by atoms with Gasteiger partial charge in [0.25, 0.3) is 11.1 Å². The van der Waals surface area contributed by atoms with Crippen LogP contribution in [-0.2, 0) is 19.6 Å². The van der Waals surface area contributed by atoms with Crippen LogP contribution >= 0.6 is 23.1 Å². The number of primary sulfonamides is 1. The zero-order chi connectivity index (χ0) is 19.6. The number of anilines is 1. The largest absolute Gasteiger partial charge is 0.325 e. The summed E-state index contributed by atoms with van der Waals surface area (Å²) in [4.78, 5) is 38.4. The predicted octanol–water partition coefficient (Wildman–Crippen LogP) is 2.07. The molecule has 0 unspecified atom stereocenters. The normalized spacial score (nSPS) is 16.2. The van der Waals surface area contributed by atoms with Crippen molar-refractivity contribution in [2.75, 3.05) is 11.9 Å². The quantitative estimate of drug-likeness (QED) is 0.709. The summed E-state index contributed by atoms with van der Waals surface area (Å²) in [6, 6.07) is 8.86. The molecule has 0 radical (unpaired) electrons. The third-order valence-electron chi connectivity index (χ3n) is 3.46. The molecule has 1 fully saturated rings. The van der Waals surface area contributed by atoms with E-state index in [2.05, 4.69) is 5.32 Å². The maximum absolute atomic E-state index is 12.3. The van der Waals surface area contributed by atoms with Gasteiger partial charge >= 0.3 is 0 Å². The molecule has 1 aliphatic rings. The fraction of sp³-hybridized carbons (Fsp3) is 0.0625. The average molecular weight is 423 g/mol. The molecule has 1 aliphatic heterocycles. The first kappa shape index (κ1) is 19.3. The van der Waals surface area contributed by atoms with Crippen molar-refractivity contribution in [2.45, 2.75) is 4.90 Å². The molecule has 0 aliphatic carbocycles. The average Bonchev–Trinajstić information content (AvgIpc) is 3.19. The number of benzene rings is 1. The molecule has 3 rings (SSSR count). The molecule has 0 bridgehead atoms. The molecular formula is C16H13N3O5S3. The summed E-state index contributed by atoms with van der Waals surface area (Å²) in [7, 11) is -3.83. The minimum Gasteiger partial charge on any atom is -0.325 e. The van der Waals surface area contributed by atoms with Crippen LogP contribution in [0.2, 0.25) is 0 Å². The lowest BCUT2D eigenvalue weighted by Gasteiger charge is -2.12. The number of hydrogen-bond acceptors (Lipinski definition) is 7. The van der Waals surface area contributed by atoms with E-state index in [0.29, 0.717) is 5.69 Å². The SMILES string of the molecule is NS(=O)(=O)c1ccc(NC(=O)CN2C(=O)S/C(=C/c3cccs3)C2=O)cc1. The van der Waals surface area contributed by atoms with E-state index in [1.807, 2.05) is 17.5 Å². The lowest BCUT2D eigenvalue weighted by atomic mass is 10.3. The van der Waals surface area contributed by atoms with Crippen molar-refractivity contribution in [1.29, 1.82) is 0 Å². The Morgan fingerprint density at radius 2 is 1.89 bits per heavy atom. The monoisotopic (exact) mass is 423 g/mol. The lowest BCUT2D eigenvalue weighted by molar-refractivity contribution is -0.127. The van der Waals surface area contributed by atoms with Gasteiger partial charge in [-0.05, 0) is 53.5 Å². The maximum atomic E-state index is 12.3. The molecule has 1 saturated heterocycles. The van der Waals surface area contributed by atoms with Crippen molar-refractivity contribution < 1.29 is 22.8 Å². The van der Waals surface area contributed by atoms with Gasteiger partial charge in [0.1, 0.15) is 6.54 Å². The summed E-state index contributed by atoms with van der Waals surface area (Å²) in [5.41, 5.74) is 0.313. The molecule has 0 spiro atoms. The number of amides is 3. The minimum atomic E-state index is -3.83. The summed E-state index contributed by atoms with van der Waals surface area (Å²) < 4.78 is 22.4. The molecule has 0 saturated carbocycles. The van der Waals surface area contributed by atoms with Gasteiger partial charge in [-0.1, -0.05) is 6.07 Å². The number of sulfonamides is 1. The van der Waals surface area contributed by atoms with Crippen LogP contribution in [0.4, 0.5) is 10.5 Å². The van der Waals surface area contributed by atoms with Crippen LogP contribution in [0.1, 0.15) is 4.88 Å². The highest BCUT2D eigenvalue weighted by atomic mass is 32.2. The summed E-state index contributed by atoms with van der Waals surface area (Å²) >= 11 is 2.21. The topological polar surface area (TPSA) is 127 Å². The zero-order valence-electron chi connectivity index (χ0n) is 13.6. The number of carbonyl (C=O) groups is 3. The molecule has 3 N–H and O–H groups in total. The summed E-state index contributed by atoms with van der Waals surface area (Å²) in [5.74, 6) is -1.11. The van der Waals surface area contributed by atoms with Gasteiger partial charge in [0, 0.05) is 10.6 Å². The minimum absolute atomic E-state index is 0.0925. The van der Waals surface area contributed by atoms with Crippen LogP contribution in [0.5, 0.6) is 0 Å². The van der Waals surface area contributed by atoms with Gasteiger partial charge in [0.05, 0.1) is 9.80 Å². The van der Waals surface area contributed by atoms with Crippen LogP contribution in [0.3, 0.4) is 0 Å².